The number of hydrogen-bond acceptors (Lipinski definition) is 6. The first-order valence-corrected chi connectivity index (χ1v) is 8.79. The minimum absolute atomic E-state index is 0.219. The molecule has 25 heavy (non-hydrogen) atoms. The van der Waals surface area contributed by atoms with Crippen molar-refractivity contribution in [3.05, 3.63) is 44.3 Å². The van der Waals surface area contributed by atoms with Gasteiger partial charge in [0.1, 0.15) is 0 Å². The zero-order valence-electron chi connectivity index (χ0n) is 12.5. The molecule has 132 valence electrons. The van der Waals surface area contributed by atoms with E-state index in [0.717, 1.165) is 0 Å². The van der Waals surface area contributed by atoms with E-state index in [-0.39, 0.29) is 18.0 Å². The van der Waals surface area contributed by atoms with Crippen LogP contribution in [-0.4, -0.2) is 30.5 Å². The van der Waals surface area contributed by atoms with Gasteiger partial charge in [0.15, 0.2) is 28.7 Å². The van der Waals surface area contributed by atoms with Crippen molar-refractivity contribution in [1.29, 1.82) is 0 Å². The van der Waals surface area contributed by atoms with Crippen LogP contribution in [-0.2, 0) is 6.54 Å². The topological polar surface area (TPSA) is 113 Å². The van der Waals surface area contributed by atoms with Gasteiger partial charge in [0, 0.05) is 11.0 Å². The smallest absolute Gasteiger partial charge is 0.200 e. The molecule has 0 saturated heterocycles. The Balaban J connectivity index is 2.07. The van der Waals surface area contributed by atoms with Gasteiger partial charge >= 0.3 is 0 Å². The molecule has 0 radical (unpaired) electrons. The van der Waals surface area contributed by atoms with Gasteiger partial charge in [-0.25, -0.2) is 0 Å². The number of aromatic hydroxyl groups is 5. The van der Waals surface area contributed by atoms with Crippen LogP contribution in [0.3, 0.4) is 0 Å². The first kappa shape index (κ1) is 19.4. The van der Waals surface area contributed by atoms with Gasteiger partial charge in [0.25, 0.3) is 0 Å². The fourth-order valence-electron chi connectivity index (χ4n) is 1.92. The van der Waals surface area contributed by atoms with E-state index in [1.54, 1.807) is 12.2 Å². The van der Waals surface area contributed by atoms with Gasteiger partial charge in [-0.2, -0.15) is 0 Å². The third-order valence-corrected chi connectivity index (χ3v) is 5.64. The monoisotopic (exact) mass is 489 g/mol. The predicted octanol–water partition coefficient (Wildman–Crippen LogP) is 3.87. The average Bonchev–Trinajstić information content (AvgIpc) is 2.57. The molecule has 6 N–H and O–H groups in total. The zero-order chi connectivity index (χ0) is 18.7. The number of hydrogen-bond donors (Lipinski definition) is 6. The second kappa shape index (κ2) is 7.94. The first-order chi connectivity index (χ1) is 11.7. The molecule has 0 amide bonds. The standard InChI is InChI=1S/C16H13Br2NO5S/c17-13-8(5-11(22)16(24)14(13)18)1-2-12(25)19-6-7-3-9(20)15(23)10(21)4-7/h1-5,20-24H,6H2,(H,19,25). The molecule has 0 atom stereocenters. The van der Waals surface area contributed by atoms with Crippen molar-refractivity contribution in [1.82, 2.24) is 5.32 Å². The average molecular weight is 491 g/mol. The van der Waals surface area contributed by atoms with Crippen molar-refractivity contribution in [3.63, 3.8) is 0 Å². The highest BCUT2D eigenvalue weighted by Gasteiger charge is 2.12. The lowest BCUT2D eigenvalue weighted by Gasteiger charge is -2.08. The fraction of sp³-hybridized carbons (Fsp3) is 0.0625. The van der Waals surface area contributed by atoms with Crippen molar-refractivity contribution in [2.45, 2.75) is 6.54 Å². The first-order valence-electron chi connectivity index (χ1n) is 6.80. The van der Waals surface area contributed by atoms with Gasteiger partial charge in [-0.1, -0.05) is 18.3 Å². The number of halogens is 2. The Kier molecular flexibility index (Phi) is 6.15. The third kappa shape index (κ3) is 4.56. The molecule has 0 spiro atoms. The molecule has 0 aromatic heterocycles. The van der Waals surface area contributed by atoms with E-state index >= 15 is 0 Å². The predicted molar refractivity (Wildman–Crippen MR) is 105 cm³/mol. The van der Waals surface area contributed by atoms with Gasteiger partial charge < -0.3 is 30.8 Å². The summed E-state index contributed by atoms with van der Waals surface area (Å²) in [5.74, 6) is -1.97. The Bertz CT molecular complexity index is 847. The number of phenols is 5. The number of thiocarbonyl (C=S) groups is 1. The van der Waals surface area contributed by atoms with Crippen molar-refractivity contribution in [3.8, 4) is 28.7 Å². The second-order valence-electron chi connectivity index (χ2n) is 5.00. The van der Waals surface area contributed by atoms with Crippen LogP contribution < -0.4 is 5.32 Å². The van der Waals surface area contributed by atoms with Crippen LogP contribution in [0.2, 0.25) is 0 Å². The molecule has 0 saturated carbocycles. The fourth-order valence-corrected chi connectivity index (χ4v) is 2.93. The number of nitrogens with one attached hydrogen (secondary N) is 1. The highest BCUT2D eigenvalue weighted by atomic mass is 79.9. The molecular weight excluding hydrogens is 478 g/mol. The Morgan fingerprint density at radius 1 is 0.920 bits per heavy atom. The third-order valence-electron chi connectivity index (χ3n) is 3.20. The van der Waals surface area contributed by atoms with Crippen LogP contribution in [0.15, 0.2) is 33.2 Å². The summed E-state index contributed by atoms with van der Waals surface area (Å²) in [4.78, 5) is 0.364. The van der Waals surface area contributed by atoms with Gasteiger partial charge in [0.05, 0.1) is 9.46 Å². The number of rotatable bonds is 4. The van der Waals surface area contributed by atoms with Gasteiger partial charge in [0.2, 0.25) is 0 Å². The minimum atomic E-state index is -0.575. The SMILES string of the molecule is Oc1cc(CNC(=S)C=Cc2cc(O)c(O)c(Br)c2Br)cc(O)c1O. The van der Waals surface area contributed by atoms with Crippen molar-refractivity contribution >= 4 is 55.1 Å². The molecule has 2 aromatic rings. The number of benzene rings is 2. The van der Waals surface area contributed by atoms with Crippen LogP contribution in [0.1, 0.15) is 11.1 Å². The summed E-state index contributed by atoms with van der Waals surface area (Å²) in [6.07, 6.45) is 3.22. The summed E-state index contributed by atoms with van der Waals surface area (Å²) in [5.41, 5.74) is 1.11. The molecule has 0 aliphatic rings. The lowest BCUT2D eigenvalue weighted by Crippen LogP contribution is -2.18. The number of phenolic OH excluding ortho intramolecular Hbond substituents is 5. The Morgan fingerprint density at radius 3 is 2.08 bits per heavy atom. The maximum absolute atomic E-state index is 9.65. The Labute approximate surface area is 165 Å². The van der Waals surface area contributed by atoms with Crippen LogP contribution in [0.5, 0.6) is 28.7 Å². The van der Waals surface area contributed by atoms with Gasteiger partial charge in [-0.3, -0.25) is 0 Å². The molecule has 0 aliphatic carbocycles. The van der Waals surface area contributed by atoms with Crippen LogP contribution >= 0.6 is 44.1 Å². The summed E-state index contributed by atoms with van der Waals surface area (Å²) < 4.78 is 0.872. The molecule has 6 nitrogen and oxygen atoms in total. The Morgan fingerprint density at radius 2 is 1.48 bits per heavy atom. The van der Waals surface area contributed by atoms with E-state index in [9.17, 15) is 25.5 Å². The van der Waals surface area contributed by atoms with E-state index in [4.69, 9.17) is 12.2 Å². The summed E-state index contributed by atoms with van der Waals surface area (Å²) in [7, 11) is 0. The minimum Gasteiger partial charge on any atom is -0.504 e. The van der Waals surface area contributed by atoms with Crippen LogP contribution in [0.25, 0.3) is 6.08 Å². The molecule has 9 heteroatoms. The van der Waals surface area contributed by atoms with E-state index in [2.05, 4.69) is 37.2 Å². The molecule has 0 fully saturated rings. The van der Waals surface area contributed by atoms with Crippen molar-refractivity contribution < 1.29 is 25.5 Å². The maximum Gasteiger partial charge on any atom is 0.200 e. The zero-order valence-corrected chi connectivity index (χ0v) is 16.5. The van der Waals surface area contributed by atoms with Gasteiger partial charge in [-0.15, -0.1) is 0 Å². The highest BCUT2D eigenvalue weighted by Crippen LogP contribution is 2.41. The second-order valence-corrected chi connectivity index (χ2v) is 7.02. The molecule has 2 rings (SSSR count). The van der Waals surface area contributed by atoms with Gasteiger partial charge in [-0.05, 0) is 67.3 Å². The molecule has 0 bridgehead atoms. The summed E-state index contributed by atoms with van der Waals surface area (Å²) >= 11 is 11.6. The van der Waals surface area contributed by atoms with E-state index in [0.29, 0.717) is 25.1 Å². The summed E-state index contributed by atoms with van der Waals surface area (Å²) in [6.45, 7) is 0.219. The molecule has 0 unspecified atom stereocenters. The maximum atomic E-state index is 9.65. The van der Waals surface area contributed by atoms with Crippen LogP contribution in [0, 0.1) is 0 Å². The molecular formula is C16H13Br2NO5S. The van der Waals surface area contributed by atoms with Crippen LogP contribution in [0.4, 0.5) is 0 Å². The van der Waals surface area contributed by atoms with E-state index in [1.165, 1.54) is 18.2 Å². The Hall–Kier alpha value is -1.97. The van der Waals surface area contributed by atoms with E-state index < -0.39 is 17.2 Å². The summed E-state index contributed by atoms with van der Waals surface area (Å²) in [5, 5.41) is 50.4. The lowest BCUT2D eigenvalue weighted by atomic mass is 10.1. The molecule has 2 aromatic carbocycles. The molecule has 0 heterocycles. The normalized spacial score (nSPS) is 11.0. The van der Waals surface area contributed by atoms with Crippen molar-refractivity contribution in [2.24, 2.45) is 0 Å². The van der Waals surface area contributed by atoms with Crippen molar-refractivity contribution in [2.75, 3.05) is 0 Å². The van der Waals surface area contributed by atoms with E-state index in [1.807, 2.05) is 0 Å². The molecule has 0 aliphatic heterocycles. The lowest BCUT2D eigenvalue weighted by molar-refractivity contribution is 0.367. The highest BCUT2D eigenvalue weighted by molar-refractivity contribution is 9.13. The quantitative estimate of drug-likeness (QED) is 0.219. The largest absolute Gasteiger partial charge is 0.504 e. The summed E-state index contributed by atoms with van der Waals surface area (Å²) in [6, 6.07) is 3.99.